The number of hydrogen-bond donors (Lipinski definition) is 3. The number of hydrogen-bond acceptors (Lipinski definition) is 6. The number of rotatable bonds is 7. The molecular formula is C23H23N7O4. The van der Waals surface area contributed by atoms with E-state index in [2.05, 4.69) is 27.2 Å². The monoisotopic (exact) mass is 461 g/mol. The van der Waals surface area contributed by atoms with Crippen LogP contribution in [0.2, 0.25) is 0 Å². The summed E-state index contributed by atoms with van der Waals surface area (Å²) in [6.07, 6.45) is 0.257. The molecule has 4 amide bonds. The summed E-state index contributed by atoms with van der Waals surface area (Å²) >= 11 is 0. The van der Waals surface area contributed by atoms with E-state index in [0.717, 1.165) is 0 Å². The number of amides is 4. The second kappa shape index (κ2) is 10.3. The van der Waals surface area contributed by atoms with E-state index in [1.807, 2.05) is 0 Å². The number of nitrogens with one attached hydrogen (secondary N) is 2. The molecule has 4 N–H and O–H groups in total. The molecule has 1 atom stereocenters. The smallest absolute Gasteiger partial charge is 0.261 e. The Morgan fingerprint density at radius 2 is 1.97 bits per heavy atom. The van der Waals surface area contributed by atoms with Crippen LogP contribution in [0.25, 0.3) is 10.4 Å². The van der Waals surface area contributed by atoms with Crippen LogP contribution in [-0.4, -0.2) is 34.6 Å². The van der Waals surface area contributed by atoms with Crippen molar-refractivity contribution in [3.8, 4) is 0 Å². The highest BCUT2D eigenvalue weighted by Gasteiger charge is 2.36. The molecule has 34 heavy (non-hydrogen) atoms. The van der Waals surface area contributed by atoms with Crippen molar-refractivity contribution in [3.05, 3.63) is 81.9 Å². The minimum atomic E-state index is -0.903. The molecule has 3 rings (SSSR count). The SMILES string of the molecule is C=C(C)N(C(=O)c1c(N)cccc1CNC(=O)c1ccc(N=[N+]=[N-])cc1)C1CCC(=O)NC1=O. The molecule has 0 saturated carbocycles. The van der Waals surface area contributed by atoms with E-state index in [0.29, 0.717) is 22.5 Å². The van der Waals surface area contributed by atoms with Crippen LogP contribution in [0, 0.1) is 0 Å². The molecule has 0 spiro atoms. The van der Waals surface area contributed by atoms with E-state index in [4.69, 9.17) is 11.3 Å². The summed E-state index contributed by atoms with van der Waals surface area (Å²) in [5.41, 5.74) is 16.4. The van der Waals surface area contributed by atoms with E-state index < -0.39 is 29.7 Å². The number of benzene rings is 2. The number of imide groups is 1. The van der Waals surface area contributed by atoms with E-state index in [1.165, 1.54) is 29.2 Å². The van der Waals surface area contributed by atoms with Crippen molar-refractivity contribution in [2.45, 2.75) is 32.4 Å². The number of carbonyl (C=O) groups excluding carboxylic acids is 4. The molecule has 0 bridgehead atoms. The fraction of sp³-hybridized carbons (Fsp3) is 0.217. The molecule has 1 saturated heterocycles. The van der Waals surface area contributed by atoms with Crippen molar-refractivity contribution < 1.29 is 19.2 Å². The van der Waals surface area contributed by atoms with Gasteiger partial charge in [-0.1, -0.05) is 36.0 Å². The van der Waals surface area contributed by atoms with Crippen LogP contribution < -0.4 is 16.4 Å². The summed E-state index contributed by atoms with van der Waals surface area (Å²) in [4.78, 5) is 54.0. The zero-order valence-corrected chi connectivity index (χ0v) is 18.4. The van der Waals surface area contributed by atoms with Gasteiger partial charge in [-0.3, -0.25) is 24.5 Å². The first-order valence-corrected chi connectivity index (χ1v) is 10.4. The van der Waals surface area contributed by atoms with Gasteiger partial charge in [0.25, 0.3) is 11.8 Å². The van der Waals surface area contributed by atoms with Gasteiger partial charge >= 0.3 is 0 Å². The number of anilines is 1. The fourth-order valence-corrected chi connectivity index (χ4v) is 3.67. The summed E-state index contributed by atoms with van der Waals surface area (Å²) in [7, 11) is 0. The van der Waals surface area contributed by atoms with Crippen LogP contribution in [0.3, 0.4) is 0 Å². The molecule has 11 heteroatoms. The first kappa shape index (κ1) is 24.0. The first-order valence-electron chi connectivity index (χ1n) is 10.4. The third-order valence-corrected chi connectivity index (χ3v) is 5.28. The van der Waals surface area contributed by atoms with Crippen LogP contribution in [0.4, 0.5) is 11.4 Å². The van der Waals surface area contributed by atoms with Gasteiger partial charge in [0.15, 0.2) is 0 Å². The Bertz CT molecular complexity index is 1220. The Balaban J connectivity index is 1.84. The van der Waals surface area contributed by atoms with E-state index in [9.17, 15) is 19.2 Å². The number of nitrogens with two attached hydrogens (primary N) is 1. The molecule has 174 valence electrons. The highest BCUT2D eigenvalue weighted by molar-refractivity contribution is 6.06. The highest BCUT2D eigenvalue weighted by Crippen LogP contribution is 2.25. The van der Waals surface area contributed by atoms with Gasteiger partial charge in [-0.2, -0.15) is 0 Å². The van der Waals surface area contributed by atoms with E-state index >= 15 is 0 Å². The average Bonchev–Trinajstić information content (AvgIpc) is 2.79. The maximum Gasteiger partial charge on any atom is 0.261 e. The molecule has 1 fully saturated rings. The molecule has 0 aliphatic carbocycles. The van der Waals surface area contributed by atoms with Crippen molar-refractivity contribution in [1.29, 1.82) is 0 Å². The Morgan fingerprint density at radius 1 is 1.26 bits per heavy atom. The van der Waals surface area contributed by atoms with E-state index in [-0.39, 0.29) is 30.6 Å². The molecule has 2 aromatic carbocycles. The third kappa shape index (κ3) is 5.22. The number of azide groups is 1. The van der Waals surface area contributed by atoms with Crippen LogP contribution in [0.1, 0.15) is 46.0 Å². The summed E-state index contributed by atoms with van der Waals surface area (Å²) in [6, 6.07) is 9.99. The Kier molecular flexibility index (Phi) is 7.29. The minimum absolute atomic E-state index is 0.0115. The van der Waals surface area contributed by atoms with Crippen LogP contribution in [0.15, 0.2) is 59.9 Å². The summed E-state index contributed by atoms with van der Waals surface area (Å²) in [5, 5.41) is 8.44. The maximum absolute atomic E-state index is 13.5. The average molecular weight is 461 g/mol. The largest absolute Gasteiger partial charge is 0.398 e. The third-order valence-electron chi connectivity index (χ3n) is 5.28. The predicted molar refractivity (Wildman–Crippen MR) is 124 cm³/mol. The Labute approximate surface area is 195 Å². The molecule has 2 aromatic rings. The highest BCUT2D eigenvalue weighted by atomic mass is 16.2. The van der Waals surface area contributed by atoms with Crippen LogP contribution in [0.5, 0.6) is 0 Å². The minimum Gasteiger partial charge on any atom is -0.398 e. The lowest BCUT2D eigenvalue weighted by atomic mass is 9.99. The molecule has 0 radical (unpaired) electrons. The first-order chi connectivity index (χ1) is 16.2. The van der Waals surface area contributed by atoms with Gasteiger partial charge in [0.2, 0.25) is 11.8 Å². The molecule has 11 nitrogen and oxygen atoms in total. The topological polar surface area (TPSA) is 170 Å². The Hall–Kier alpha value is -4.63. The van der Waals surface area contributed by atoms with Gasteiger partial charge in [0, 0.05) is 40.5 Å². The zero-order valence-electron chi connectivity index (χ0n) is 18.4. The van der Waals surface area contributed by atoms with Crippen molar-refractivity contribution >= 4 is 35.0 Å². The number of nitrogens with zero attached hydrogens (tertiary/aromatic N) is 4. The molecular weight excluding hydrogens is 438 g/mol. The van der Waals surface area contributed by atoms with Gasteiger partial charge in [-0.25, -0.2) is 0 Å². The second-order valence-corrected chi connectivity index (χ2v) is 7.68. The van der Waals surface area contributed by atoms with Crippen LogP contribution in [-0.2, 0) is 16.1 Å². The van der Waals surface area contributed by atoms with Gasteiger partial charge in [0.05, 0.1) is 5.56 Å². The lowest BCUT2D eigenvalue weighted by Crippen LogP contribution is -2.53. The molecule has 1 heterocycles. The number of allylic oxidation sites excluding steroid dienone is 1. The lowest BCUT2D eigenvalue weighted by molar-refractivity contribution is -0.136. The van der Waals surface area contributed by atoms with Gasteiger partial charge in [-0.05, 0) is 42.6 Å². The van der Waals surface area contributed by atoms with Gasteiger partial charge < -0.3 is 16.0 Å². The predicted octanol–water partition coefficient (Wildman–Crippen LogP) is 2.92. The summed E-state index contributed by atoms with van der Waals surface area (Å²) in [5.74, 6) is -1.94. The summed E-state index contributed by atoms with van der Waals surface area (Å²) in [6.45, 7) is 5.40. The standard InChI is InChI=1S/C23H23N7O4/c1-13(2)30(18-10-11-19(31)27-22(18)33)23(34)20-15(4-3-5-17(20)24)12-26-21(32)14-6-8-16(9-7-14)28-29-25/h3-9,18H,1,10-12,24H2,2H3,(H,26,32)(H,27,31,33). The number of piperidine rings is 1. The zero-order chi connectivity index (χ0) is 24.8. The van der Waals surface area contributed by atoms with Crippen molar-refractivity contribution in [3.63, 3.8) is 0 Å². The molecule has 1 unspecified atom stereocenters. The van der Waals surface area contributed by atoms with Crippen molar-refractivity contribution in [1.82, 2.24) is 15.5 Å². The number of nitrogen functional groups attached to an aromatic ring is 1. The second-order valence-electron chi connectivity index (χ2n) is 7.68. The van der Waals surface area contributed by atoms with Crippen molar-refractivity contribution in [2.75, 3.05) is 5.73 Å². The molecule has 1 aliphatic rings. The van der Waals surface area contributed by atoms with E-state index in [1.54, 1.807) is 25.1 Å². The quantitative estimate of drug-likeness (QED) is 0.189. The molecule has 1 aliphatic heterocycles. The van der Waals surface area contributed by atoms with Crippen LogP contribution >= 0.6 is 0 Å². The van der Waals surface area contributed by atoms with Gasteiger partial charge in [0.1, 0.15) is 6.04 Å². The number of carbonyl (C=O) groups is 4. The lowest BCUT2D eigenvalue weighted by Gasteiger charge is -2.33. The normalized spacial score (nSPS) is 15.0. The maximum atomic E-state index is 13.5. The fourth-order valence-electron chi connectivity index (χ4n) is 3.67. The Morgan fingerprint density at radius 3 is 2.59 bits per heavy atom. The van der Waals surface area contributed by atoms with Gasteiger partial charge in [-0.15, -0.1) is 0 Å². The summed E-state index contributed by atoms with van der Waals surface area (Å²) < 4.78 is 0. The molecule has 0 aromatic heterocycles. The van der Waals surface area contributed by atoms with Crippen molar-refractivity contribution in [2.24, 2.45) is 5.11 Å².